The lowest BCUT2D eigenvalue weighted by Crippen LogP contribution is -2.45. The normalized spacial score (nSPS) is 13.1. The van der Waals surface area contributed by atoms with Gasteiger partial charge in [0.1, 0.15) is 0 Å². The van der Waals surface area contributed by atoms with Crippen LogP contribution < -0.4 is 5.32 Å². The number of aromatic nitrogens is 3. The van der Waals surface area contributed by atoms with Crippen LogP contribution in [0.3, 0.4) is 0 Å². The fraction of sp³-hybridized carbons (Fsp3) is 0.600. The van der Waals surface area contributed by atoms with E-state index in [0.29, 0.717) is 0 Å². The molecule has 1 rings (SSSR count). The number of aliphatic carboxylic acids is 1. The average Bonchev–Trinajstić information content (AvgIpc) is 2.66. The van der Waals surface area contributed by atoms with E-state index in [9.17, 15) is 9.59 Å². The Kier molecular flexibility index (Phi) is 3.82. The first-order valence-corrected chi connectivity index (χ1v) is 5.19. The molecule has 0 aliphatic heterocycles. The number of H-pyrrole nitrogens is 1. The Labute approximate surface area is 98.6 Å². The fourth-order valence-corrected chi connectivity index (χ4v) is 1.29. The molecule has 1 unspecified atom stereocenters. The van der Waals surface area contributed by atoms with Gasteiger partial charge in [0.2, 0.25) is 0 Å². The summed E-state index contributed by atoms with van der Waals surface area (Å²) in [6.07, 6.45) is 1.16. The summed E-state index contributed by atoms with van der Waals surface area (Å²) in [5.41, 5.74) is -0.206. The van der Waals surface area contributed by atoms with Gasteiger partial charge in [-0.05, 0) is 5.41 Å². The Bertz CT molecular complexity index is 394. The molecule has 0 fully saturated rings. The van der Waals surface area contributed by atoms with Crippen molar-refractivity contribution < 1.29 is 14.7 Å². The summed E-state index contributed by atoms with van der Waals surface area (Å²) in [5.74, 6) is -1.38. The SMILES string of the molecule is CC(C)(C)C(CC(=O)O)NC(=O)c1cn[nH]n1. The molecule has 1 heterocycles. The molecule has 1 amide bonds. The van der Waals surface area contributed by atoms with Gasteiger partial charge in [0.05, 0.1) is 12.6 Å². The topological polar surface area (TPSA) is 108 Å². The average molecular weight is 240 g/mol. The molecule has 17 heavy (non-hydrogen) atoms. The molecule has 0 aliphatic rings. The Morgan fingerprint density at radius 1 is 1.53 bits per heavy atom. The second-order valence-corrected chi connectivity index (χ2v) is 4.85. The van der Waals surface area contributed by atoms with Crippen molar-refractivity contribution in [1.29, 1.82) is 0 Å². The van der Waals surface area contributed by atoms with E-state index >= 15 is 0 Å². The Morgan fingerprint density at radius 2 is 2.18 bits per heavy atom. The van der Waals surface area contributed by atoms with Gasteiger partial charge in [0, 0.05) is 6.04 Å². The van der Waals surface area contributed by atoms with Crippen molar-refractivity contribution in [3.05, 3.63) is 11.9 Å². The van der Waals surface area contributed by atoms with Crippen LogP contribution in [0.4, 0.5) is 0 Å². The minimum Gasteiger partial charge on any atom is -0.481 e. The van der Waals surface area contributed by atoms with Gasteiger partial charge < -0.3 is 10.4 Å². The van der Waals surface area contributed by atoms with Crippen LogP contribution in [0, 0.1) is 5.41 Å². The van der Waals surface area contributed by atoms with Crippen molar-refractivity contribution >= 4 is 11.9 Å². The molecular formula is C10H16N4O3. The molecule has 1 aromatic rings. The zero-order valence-corrected chi connectivity index (χ0v) is 10.0. The van der Waals surface area contributed by atoms with Gasteiger partial charge in [-0.1, -0.05) is 20.8 Å². The standard InChI is InChI=1S/C10H16N4O3/c1-10(2,3)7(4-8(15)16)12-9(17)6-5-11-14-13-6/h5,7H,4H2,1-3H3,(H,12,17)(H,15,16)(H,11,13,14). The molecule has 0 radical (unpaired) electrons. The second kappa shape index (κ2) is 4.94. The van der Waals surface area contributed by atoms with Crippen LogP contribution in [-0.2, 0) is 4.79 Å². The summed E-state index contributed by atoms with van der Waals surface area (Å²) in [4.78, 5) is 22.5. The third-order valence-corrected chi connectivity index (χ3v) is 2.38. The third kappa shape index (κ3) is 3.86. The minimum absolute atomic E-state index is 0.132. The van der Waals surface area contributed by atoms with Crippen molar-refractivity contribution in [3.63, 3.8) is 0 Å². The van der Waals surface area contributed by atoms with Crippen LogP contribution in [-0.4, -0.2) is 38.4 Å². The number of nitrogens with zero attached hydrogens (tertiary/aromatic N) is 2. The van der Waals surface area contributed by atoms with E-state index in [1.54, 1.807) is 0 Å². The summed E-state index contributed by atoms with van der Waals surface area (Å²) >= 11 is 0. The molecule has 1 atom stereocenters. The molecule has 0 saturated heterocycles. The maximum absolute atomic E-state index is 11.7. The van der Waals surface area contributed by atoms with Gasteiger partial charge in [-0.25, -0.2) is 0 Å². The molecule has 0 aromatic carbocycles. The second-order valence-electron chi connectivity index (χ2n) is 4.85. The lowest BCUT2D eigenvalue weighted by atomic mass is 9.84. The van der Waals surface area contributed by atoms with Crippen molar-refractivity contribution in [1.82, 2.24) is 20.7 Å². The van der Waals surface area contributed by atoms with Crippen molar-refractivity contribution in [2.24, 2.45) is 5.41 Å². The Morgan fingerprint density at radius 3 is 2.59 bits per heavy atom. The van der Waals surface area contributed by atoms with Crippen LogP contribution in [0.1, 0.15) is 37.7 Å². The fourth-order valence-electron chi connectivity index (χ4n) is 1.29. The van der Waals surface area contributed by atoms with E-state index in [4.69, 9.17) is 5.11 Å². The van der Waals surface area contributed by atoms with Crippen LogP contribution in [0.25, 0.3) is 0 Å². The van der Waals surface area contributed by atoms with Crippen LogP contribution in [0.15, 0.2) is 6.20 Å². The molecule has 0 spiro atoms. The van der Waals surface area contributed by atoms with Gasteiger partial charge in [-0.2, -0.15) is 15.4 Å². The Hall–Kier alpha value is -1.92. The number of nitrogens with one attached hydrogen (secondary N) is 2. The van der Waals surface area contributed by atoms with Gasteiger partial charge in [-0.3, -0.25) is 9.59 Å². The highest BCUT2D eigenvalue weighted by Crippen LogP contribution is 2.22. The smallest absolute Gasteiger partial charge is 0.305 e. The maximum atomic E-state index is 11.7. The Balaban J connectivity index is 2.73. The van der Waals surface area contributed by atoms with Gasteiger partial charge in [0.15, 0.2) is 5.69 Å². The molecule has 3 N–H and O–H groups in total. The molecule has 7 heteroatoms. The molecule has 0 aliphatic carbocycles. The van der Waals surface area contributed by atoms with Crippen molar-refractivity contribution in [3.8, 4) is 0 Å². The highest BCUT2D eigenvalue weighted by molar-refractivity contribution is 5.92. The van der Waals surface area contributed by atoms with Crippen molar-refractivity contribution in [2.75, 3.05) is 0 Å². The van der Waals surface area contributed by atoms with Gasteiger partial charge in [0.25, 0.3) is 5.91 Å². The molecule has 94 valence electrons. The first-order chi connectivity index (χ1) is 7.80. The monoisotopic (exact) mass is 240 g/mol. The highest BCUT2D eigenvalue weighted by atomic mass is 16.4. The molecule has 1 aromatic heterocycles. The van der Waals surface area contributed by atoms with Crippen LogP contribution >= 0.6 is 0 Å². The van der Waals surface area contributed by atoms with Crippen molar-refractivity contribution in [2.45, 2.75) is 33.2 Å². The third-order valence-electron chi connectivity index (χ3n) is 2.38. The predicted molar refractivity (Wildman–Crippen MR) is 59.3 cm³/mol. The first-order valence-electron chi connectivity index (χ1n) is 5.19. The number of carboxylic acid groups (broad SMARTS) is 1. The molecular weight excluding hydrogens is 224 g/mol. The van der Waals surface area contributed by atoms with E-state index in [1.807, 2.05) is 20.8 Å². The summed E-state index contributed by atoms with van der Waals surface area (Å²) < 4.78 is 0. The lowest BCUT2D eigenvalue weighted by molar-refractivity contribution is -0.138. The van der Waals surface area contributed by atoms with E-state index in [0.717, 1.165) is 0 Å². The molecule has 7 nitrogen and oxygen atoms in total. The number of amides is 1. The van der Waals surface area contributed by atoms with E-state index < -0.39 is 17.9 Å². The largest absolute Gasteiger partial charge is 0.481 e. The number of carboxylic acids is 1. The quantitative estimate of drug-likeness (QED) is 0.707. The van der Waals surface area contributed by atoms with Gasteiger partial charge >= 0.3 is 5.97 Å². The highest BCUT2D eigenvalue weighted by Gasteiger charge is 2.29. The first kappa shape index (κ1) is 13.1. The van der Waals surface area contributed by atoms with E-state index in [2.05, 4.69) is 20.7 Å². The summed E-state index contributed by atoms with van der Waals surface area (Å²) in [7, 11) is 0. The van der Waals surface area contributed by atoms with Crippen LogP contribution in [0.2, 0.25) is 0 Å². The number of hydrogen-bond acceptors (Lipinski definition) is 4. The zero-order valence-electron chi connectivity index (χ0n) is 10.0. The van der Waals surface area contributed by atoms with E-state index in [1.165, 1.54) is 6.20 Å². The van der Waals surface area contributed by atoms with Crippen LogP contribution in [0.5, 0.6) is 0 Å². The van der Waals surface area contributed by atoms with Gasteiger partial charge in [-0.15, -0.1) is 0 Å². The summed E-state index contributed by atoms with van der Waals surface area (Å²) in [6.45, 7) is 5.59. The number of carbonyl (C=O) groups excluding carboxylic acids is 1. The number of rotatable bonds is 4. The number of hydrogen-bond donors (Lipinski definition) is 3. The summed E-state index contributed by atoms with van der Waals surface area (Å²) in [5, 5.41) is 20.9. The minimum atomic E-state index is -0.953. The predicted octanol–water partition coefficient (Wildman–Crippen LogP) is 0.424. The molecule has 0 saturated carbocycles. The summed E-state index contributed by atoms with van der Waals surface area (Å²) in [6, 6.07) is -0.468. The maximum Gasteiger partial charge on any atom is 0.305 e. The number of carbonyl (C=O) groups is 2. The molecule has 0 bridgehead atoms. The zero-order chi connectivity index (χ0) is 13.1. The lowest BCUT2D eigenvalue weighted by Gasteiger charge is -2.29. The number of aromatic amines is 1. The van der Waals surface area contributed by atoms with E-state index in [-0.39, 0.29) is 17.5 Å².